The number of amides is 1. The summed E-state index contributed by atoms with van der Waals surface area (Å²) in [5.41, 5.74) is 0.855. The van der Waals surface area contributed by atoms with Crippen molar-refractivity contribution in [1.82, 2.24) is 5.32 Å². The fraction of sp³-hybridized carbons (Fsp3) is 0.278. The first kappa shape index (κ1) is 19.0. The molecule has 4 nitrogen and oxygen atoms in total. The molecule has 0 aliphatic carbocycles. The summed E-state index contributed by atoms with van der Waals surface area (Å²) in [5.74, 6) is 1.57. The summed E-state index contributed by atoms with van der Waals surface area (Å²) < 4.78 is 5.75. The Balaban J connectivity index is 0.00000264. The number of nitrogens with one attached hydrogen (secondary N) is 1. The molecule has 2 aromatic rings. The number of halogens is 1. The van der Waals surface area contributed by atoms with Gasteiger partial charge in [-0.1, -0.05) is 25.1 Å². The van der Waals surface area contributed by atoms with Crippen LogP contribution in [0.2, 0.25) is 0 Å². The zero-order valence-electron chi connectivity index (χ0n) is 13.7. The van der Waals surface area contributed by atoms with Crippen LogP contribution in [-0.2, 0) is 4.79 Å². The largest absolute Gasteiger partial charge is 0.457 e. The normalized spacial score (nSPS) is 11.3. The number of rotatable bonds is 6. The molecule has 23 heavy (non-hydrogen) atoms. The second-order valence-corrected chi connectivity index (χ2v) is 5.26. The van der Waals surface area contributed by atoms with Crippen molar-refractivity contribution in [3.05, 3.63) is 54.6 Å². The number of benzene rings is 2. The maximum atomic E-state index is 12.3. The van der Waals surface area contributed by atoms with Crippen molar-refractivity contribution in [2.24, 2.45) is 5.92 Å². The number of hydrogen-bond donors (Lipinski definition) is 1. The molecule has 124 valence electrons. The predicted octanol–water partition coefficient (Wildman–Crippen LogP) is 3.72. The van der Waals surface area contributed by atoms with E-state index in [4.69, 9.17) is 4.74 Å². The zero-order chi connectivity index (χ0) is 15.9. The van der Waals surface area contributed by atoms with Crippen LogP contribution in [0.3, 0.4) is 0 Å². The number of carbonyl (C=O) groups is 1. The van der Waals surface area contributed by atoms with E-state index in [1.54, 1.807) is 11.9 Å². The van der Waals surface area contributed by atoms with E-state index in [1.165, 1.54) is 0 Å². The lowest BCUT2D eigenvalue weighted by atomic mass is 10.1. The van der Waals surface area contributed by atoms with Gasteiger partial charge in [0.05, 0.1) is 0 Å². The second kappa shape index (κ2) is 9.18. The lowest BCUT2D eigenvalue weighted by Crippen LogP contribution is -2.35. The first-order valence-corrected chi connectivity index (χ1v) is 7.37. The monoisotopic (exact) mass is 334 g/mol. The highest BCUT2D eigenvalue weighted by atomic mass is 35.5. The summed E-state index contributed by atoms with van der Waals surface area (Å²) >= 11 is 0. The van der Waals surface area contributed by atoms with Crippen LogP contribution in [-0.4, -0.2) is 26.5 Å². The molecule has 1 N–H and O–H groups in total. The molecule has 0 fully saturated rings. The molecule has 0 radical (unpaired) electrons. The zero-order valence-corrected chi connectivity index (χ0v) is 14.5. The maximum absolute atomic E-state index is 12.3. The van der Waals surface area contributed by atoms with E-state index in [9.17, 15) is 4.79 Å². The first-order valence-electron chi connectivity index (χ1n) is 7.37. The minimum absolute atomic E-state index is 0. The third-order valence-electron chi connectivity index (χ3n) is 3.47. The highest BCUT2D eigenvalue weighted by molar-refractivity contribution is 5.94. The van der Waals surface area contributed by atoms with Gasteiger partial charge in [0, 0.05) is 25.2 Å². The molecule has 0 aliphatic rings. The maximum Gasteiger partial charge on any atom is 0.230 e. The van der Waals surface area contributed by atoms with Crippen LogP contribution in [0.15, 0.2) is 54.6 Å². The molecule has 0 aliphatic heterocycles. The number of anilines is 1. The van der Waals surface area contributed by atoms with Crippen LogP contribution in [0, 0.1) is 5.92 Å². The van der Waals surface area contributed by atoms with Crippen molar-refractivity contribution in [3.8, 4) is 11.5 Å². The Kier molecular flexibility index (Phi) is 7.59. The van der Waals surface area contributed by atoms with Gasteiger partial charge in [-0.3, -0.25) is 4.79 Å². The summed E-state index contributed by atoms with van der Waals surface area (Å²) in [6.45, 7) is 2.58. The van der Waals surface area contributed by atoms with Crippen molar-refractivity contribution < 1.29 is 9.53 Å². The first-order chi connectivity index (χ1) is 10.6. The molecular formula is C18H23ClN2O2. The van der Waals surface area contributed by atoms with Crippen molar-refractivity contribution in [3.63, 3.8) is 0 Å². The van der Waals surface area contributed by atoms with Gasteiger partial charge < -0.3 is 15.0 Å². The fourth-order valence-corrected chi connectivity index (χ4v) is 2.21. The topological polar surface area (TPSA) is 41.6 Å². The Bertz CT molecular complexity index is 602. The SMILES string of the molecule is CNCC(C)C(=O)N(C)c1ccc(Oc2ccccc2)cc1.Cl. The van der Waals surface area contributed by atoms with Gasteiger partial charge in [-0.15, -0.1) is 12.4 Å². The standard InChI is InChI=1S/C18H22N2O2.ClH/c1-14(13-19-2)18(21)20(3)15-9-11-17(12-10-15)22-16-7-5-4-6-8-16;/h4-12,14,19H,13H2,1-3H3;1H. The minimum Gasteiger partial charge on any atom is -0.457 e. The average Bonchev–Trinajstić information content (AvgIpc) is 2.55. The van der Waals surface area contributed by atoms with Crippen LogP contribution in [0.4, 0.5) is 5.69 Å². The second-order valence-electron chi connectivity index (χ2n) is 5.26. The van der Waals surface area contributed by atoms with E-state index in [1.807, 2.05) is 68.6 Å². The van der Waals surface area contributed by atoms with Crippen molar-refractivity contribution in [2.75, 3.05) is 25.5 Å². The van der Waals surface area contributed by atoms with Gasteiger partial charge >= 0.3 is 0 Å². The Morgan fingerprint density at radius 1 is 1.09 bits per heavy atom. The van der Waals surface area contributed by atoms with Gasteiger partial charge in [0.15, 0.2) is 0 Å². The third kappa shape index (κ3) is 5.27. The molecule has 1 unspecified atom stereocenters. The van der Waals surface area contributed by atoms with E-state index in [-0.39, 0.29) is 24.2 Å². The Hall–Kier alpha value is -2.04. The van der Waals surface area contributed by atoms with E-state index in [2.05, 4.69) is 5.32 Å². The molecule has 0 saturated heterocycles. The van der Waals surface area contributed by atoms with E-state index in [0.29, 0.717) is 6.54 Å². The molecule has 0 spiro atoms. The minimum atomic E-state index is -0.0600. The number of hydrogen-bond acceptors (Lipinski definition) is 3. The summed E-state index contributed by atoms with van der Waals surface area (Å²) in [5, 5.41) is 3.02. The number of carbonyl (C=O) groups excluding carboxylic acids is 1. The Morgan fingerprint density at radius 2 is 1.65 bits per heavy atom. The highest BCUT2D eigenvalue weighted by Crippen LogP contribution is 2.24. The molecule has 0 aromatic heterocycles. The smallest absolute Gasteiger partial charge is 0.230 e. The Morgan fingerprint density at radius 3 is 2.22 bits per heavy atom. The van der Waals surface area contributed by atoms with Gasteiger partial charge in [0.25, 0.3) is 0 Å². The van der Waals surface area contributed by atoms with Crippen LogP contribution in [0.5, 0.6) is 11.5 Å². The summed E-state index contributed by atoms with van der Waals surface area (Å²) in [6, 6.07) is 17.1. The van der Waals surface area contributed by atoms with Crippen LogP contribution < -0.4 is 15.0 Å². The van der Waals surface area contributed by atoms with Crippen LogP contribution in [0.25, 0.3) is 0 Å². The van der Waals surface area contributed by atoms with Gasteiger partial charge in [-0.05, 0) is 43.4 Å². The lowest BCUT2D eigenvalue weighted by molar-refractivity contribution is -0.121. The van der Waals surface area contributed by atoms with E-state index >= 15 is 0 Å². The van der Waals surface area contributed by atoms with Crippen molar-refractivity contribution in [1.29, 1.82) is 0 Å². The van der Waals surface area contributed by atoms with Crippen LogP contribution >= 0.6 is 12.4 Å². The fourth-order valence-electron chi connectivity index (χ4n) is 2.21. The molecule has 2 rings (SSSR count). The third-order valence-corrected chi connectivity index (χ3v) is 3.47. The Labute approximate surface area is 143 Å². The van der Waals surface area contributed by atoms with Crippen LogP contribution in [0.1, 0.15) is 6.92 Å². The number of nitrogens with zero attached hydrogens (tertiary/aromatic N) is 1. The highest BCUT2D eigenvalue weighted by Gasteiger charge is 2.17. The van der Waals surface area contributed by atoms with E-state index < -0.39 is 0 Å². The average molecular weight is 335 g/mol. The number of ether oxygens (including phenoxy) is 1. The molecule has 5 heteroatoms. The molecule has 0 bridgehead atoms. The van der Waals surface area contributed by atoms with Gasteiger partial charge in [-0.25, -0.2) is 0 Å². The van der Waals surface area contributed by atoms with Gasteiger partial charge in [0.1, 0.15) is 11.5 Å². The van der Waals surface area contributed by atoms with Gasteiger partial charge in [0.2, 0.25) is 5.91 Å². The van der Waals surface area contributed by atoms with Crippen molar-refractivity contribution >= 4 is 24.0 Å². The molecular weight excluding hydrogens is 312 g/mol. The molecule has 2 aromatic carbocycles. The van der Waals surface area contributed by atoms with E-state index in [0.717, 1.165) is 17.2 Å². The molecule has 1 atom stereocenters. The summed E-state index contributed by atoms with van der Waals surface area (Å²) in [4.78, 5) is 13.9. The summed E-state index contributed by atoms with van der Waals surface area (Å²) in [6.07, 6.45) is 0. The summed E-state index contributed by atoms with van der Waals surface area (Å²) in [7, 11) is 3.64. The molecule has 0 saturated carbocycles. The lowest BCUT2D eigenvalue weighted by Gasteiger charge is -2.21. The van der Waals surface area contributed by atoms with Gasteiger partial charge in [-0.2, -0.15) is 0 Å². The number of para-hydroxylation sites is 1. The molecule has 1 amide bonds. The van der Waals surface area contributed by atoms with Crippen molar-refractivity contribution in [2.45, 2.75) is 6.92 Å². The predicted molar refractivity (Wildman–Crippen MR) is 96.7 cm³/mol. The molecule has 0 heterocycles. The quantitative estimate of drug-likeness (QED) is 0.875.